The fourth-order valence-electron chi connectivity index (χ4n) is 1.79. The maximum Gasteiger partial charge on any atom is 0.0839 e. The number of benzene rings is 1. The number of halogens is 1. The van der Waals surface area contributed by atoms with E-state index in [-0.39, 0.29) is 6.61 Å². The van der Waals surface area contributed by atoms with Crippen LogP contribution in [0.15, 0.2) is 24.3 Å². The topological polar surface area (TPSA) is 25.2 Å². The SMILES string of the molecule is Cn1c(I)c(CCO)c2ccccc21. The molecular formula is C11H12INO. The maximum atomic E-state index is 9.00. The Hall–Kier alpha value is -0.550. The van der Waals surface area contributed by atoms with E-state index < -0.39 is 0 Å². The van der Waals surface area contributed by atoms with Gasteiger partial charge in [-0.1, -0.05) is 18.2 Å². The molecule has 0 amide bonds. The fraction of sp³-hybridized carbons (Fsp3) is 0.273. The second-order valence-electron chi connectivity index (χ2n) is 3.32. The molecule has 2 nitrogen and oxygen atoms in total. The molecule has 2 rings (SSSR count). The van der Waals surface area contributed by atoms with Crippen molar-refractivity contribution in [3.05, 3.63) is 33.5 Å². The molecule has 1 N–H and O–H groups in total. The third-order valence-corrected chi connectivity index (χ3v) is 3.87. The number of hydrogen-bond acceptors (Lipinski definition) is 1. The van der Waals surface area contributed by atoms with Gasteiger partial charge >= 0.3 is 0 Å². The van der Waals surface area contributed by atoms with Crippen LogP contribution < -0.4 is 0 Å². The summed E-state index contributed by atoms with van der Waals surface area (Å²) in [5.74, 6) is 0. The molecule has 0 atom stereocenters. The van der Waals surface area contributed by atoms with Gasteiger partial charge in [0.05, 0.1) is 3.70 Å². The third-order valence-electron chi connectivity index (χ3n) is 2.50. The van der Waals surface area contributed by atoms with Gasteiger partial charge in [0, 0.05) is 24.6 Å². The number of hydrogen-bond donors (Lipinski definition) is 1. The molecule has 0 aliphatic rings. The van der Waals surface area contributed by atoms with Gasteiger partial charge in [-0.15, -0.1) is 0 Å². The minimum atomic E-state index is 0.212. The molecule has 3 heteroatoms. The number of aromatic nitrogens is 1. The van der Waals surface area contributed by atoms with Crippen molar-refractivity contribution in [1.29, 1.82) is 0 Å². The highest BCUT2D eigenvalue weighted by Gasteiger charge is 2.11. The summed E-state index contributed by atoms with van der Waals surface area (Å²) in [5, 5.41) is 10.3. The molecule has 0 saturated carbocycles. The summed E-state index contributed by atoms with van der Waals surface area (Å²) in [6.07, 6.45) is 0.736. The van der Waals surface area contributed by atoms with Crippen LogP contribution >= 0.6 is 22.6 Å². The van der Waals surface area contributed by atoms with Crippen LogP contribution in [0, 0.1) is 3.70 Å². The smallest absolute Gasteiger partial charge is 0.0839 e. The number of fused-ring (bicyclic) bond motifs is 1. The third kappa shape index (κ3) is 1.44. The average molecular weight is 301 g/mol. The molecule has 0 aliphatic carbocycles. The zero-order valence-corrected chi connectivity index (χ0v) is 10.2. The van der Waals surface area contributed by atoms with Gasteiger partial charge in [-0.05, 0) is 40.6 Å². The van der Waals surface area contributed by atoms with E-state index >= 15 is 0 Å². The Morgan fingerprint density at radius 2 is 2.07 bits per heavy atom. The highest BCUT2D eigenvalue weighted by atomic mass is 127. The molecule has 1 aromatic heterocycles. The van der Waals surface area contributed by atoms with Crippen molar-refractivity contribution >= 4 is 33.5 Å². The Bertz CT molecular complexity index is 462. The van der Waals surface area contributed by atoms with Gasteiger partial charge in [0.25, 0.3) is 0 Å². The first-order chi connectivity index (χ1) is 6.75. The van der Waals surface area contributed by atoms with E-state index in [1.54, 1.807) is 0 Å². The molecule has 74 valence electrons. The number of aliphatic hydroxyl groups excluding tert-OH is 1. The van der Waals surface area contributed by atoms with Crippen molar-refractivity contribution in [2.24, 2.45) is 7.05 Å². The Balaban J connectivity index is 2.74. The summed E-state index contributed by atoms with van der Waals surface area (Å²) in [6.45, 7) is 0.212. The molecule has 1 aromatic carbocycles. The van der Waals surface area contributed by atoms with E-state index in [4.69, 9.17) is 5.11 Å². The number of rotatable bonds is 2. The quantitative estimate of drug-likeness (QED) is 0.846. The van der Waals surface area contributed by atoms with E-state index in [2.05, 4.69) is 46.3 Å². The minimum absolute atomic E-state index is 0.212. The minimum Gasteiger partial charge on any atom is -0.396 e. The largest absolute Gasteiger partial charge is 0.396 e. The van der Waals surface area contributed by atoms with Crippen LogP contribution in [0.5, 0.6) is 0 Å². The zero-order chi connectivity index (χ0) is 10.1. The van der Waals surface area contributed by atoms with E-state index in [1.165, 1.54) is 20.2 Å². The summed E-state index contributed by atoms with van der Waals surface area (Å²) in [6, 6.07) is 8.31. The molecule has 0 radical (unpaired) electrons. The standard InChI is InChI=1S/C11H12INO/c1-13-10-5-3-2-4-8(10)9(6-7-14)11(13)12/h2-5,14H,6-7H2,1H3. The van der Waals surface area contributed by atoms with Gasteiger partial charge in [-0.3, -0.25) is 0 Å². The van der Waals surface area contributed by atoms with E-state index in [9.17, 15) is 0 Å². The van der Waals surface area contributed by atoms with Gasteiger partial charge in [-0.25, -0.2) is 0 Å². The summed E-state index contributed by atoms with van der Waals surface area (Å²) in [5.41, 5.74) is 2.49. The summed E-state index contributed by atoms with van der Waals surface area (Å²) in [4.78, 5) is 0. The van der Waals surface area contributed by atoms with Crippen LogP contribution in [0.1, 0.15) is 5.56 Å². The molecule has 0 spiro atoms. The summed E-state index contributed by atoms with van der Waals surface area (Å²) in [7, 11) is 2.06. The molecule has 0 unspecified atom stereocenters. The van der Waals surface area contributed by atoms with Crippen LogP contribution in [-0.2, 0) is 13.5 Å². The molecule has 0 fully saturated rings. The molecule has 14 heavy (non-hydrogen) atoms. The van der Waals surface area contributed by atoms with Crippen molar-refractivity contribution in [2.45, 2.75) is 6.42 Å². The van der Waals surface area contributed by atoms with Crippen LogP contribution in [0.25, 0.3) is 10.9 Å². The van der Waals surface area contributed by atoms with Gasteiger partial charge in [-0.2, -0.15) is 0 Å². The Labute approximate surface area is 96.7 Å². The average Bonchev–Trinajstić information content (AvgIpc) is 2.45. The first kappa shape index (κ1) is 9.98. The van der Waals surface area contributed by atoms with Gasteiger partial charge in [0.15, 0.2) is 0 Å². The highest BCUT2D eigenvalue weighted by Crippen LogP contribution is 2.26. The van der Waals surface area contributed by atoms with E-state index in [1.807, 2.05) is 12.1 Å². The van der Waals surface area contributed by atoms with Crippen LogP contribution in [-0.4, -0.2) is 16.3 Å². The second kappa shape index (κ2) is 3.90. The summed E-state index contributed by atoms with van der Waals surface area (Å²) < 4.78 is 3.39. The fourth-order valence-corrected chi connectivity index (χ4v) is 2.61. The van der Waals surface area contributed by atoms with Gasteiger partial charge in [0.1, 0.15) is 0 Å². The molecule has 0 bridgehead atoms. The molecule has 2 aromatic rings. The van der Waals surface area contributed by atoms with Crippen LogP contribution in [0.3, 0.4) is 0 Å². The van der Waals surface area contributed by atoms with Crippen molar-refractivity contribution < 1.29 is 5.11 Å². The Kier molecular flexibility index (Phi) is 2.78. The maximum absolute atomic E-state index is 9.00. The van der Waals surface area contributed by atoms with Crippen molar-refractivity contribution in [3.63, 3.8) is 0 Å². The van der Waals surface area contributed by atoms with E-state index in [0.29, 0.717) is 0 Å². The molecule has 0 saturated heterocycles. The highest BCUT2D eigenvalue weighted by molar-refractivity contribution is 14.1. The predicted molar refractivity (Wildman–Crippen MR) is 66.4 cm³/mol. The first-order valence-electron chi connectivity index (χ1n) is 4.58. The van der Waals surface area contributed by atoms with Crippen LogP contribution in [0.4, 0.5) is 0 Å². The molecular weight excluding hydrogens is 289 g/mol. The van der Waals surface area contributed by atoms with Gasteiger partial charge in [0.2, 0.25) is 0 Å². The van der Waals surface area contributed by atoms with Crippen molar-refractivity contribution in [2.75, 3.05) is 6.61 Å². The lowest BCUT2D eigenvalue weighted by molar-refractivity contribution is 0.299. The van der Waals surface area contributed by atoms with E-state index in [0.717, 1.165) is 6.42 Å². The number of para-hydroxylation sites is 1. The summed E-state index contributed by atoms with van der Waals surface area (Å²) >= 11 is 2.33. The monoisotopic (exact) mass is 301 g/mol. The Morgan fingerprint density at radius 3 is 2.79 bits per heavy atom. The zero-order valence-electron chi connectivity index (χ0n) is 8.00. The number of aryl methyl sites for hydroxylation is 1. The lowest BCUT2D eigenvalue weighted by Gasteiger charge is -1.97. The van der Waals surface area contributed by atoms with Crippen LogP contribution in [0.2, 0.25) is 0 Å². The normalized spacial score (nSPS) is 11.1. The van der Waals surface area contributed by atoms with Gasteiger partial charge < -0.3 is 9.67 Å². The second-order valence-corrected chi connectivity index (χ2v) is 4.34. The lowest BCUT2D eigenvalue weighted by atomic mass is 10.1. The Morgan fingerprint density at radius 1 is 1.36 bits per heavy atom. The predicted octanol–water partition coefficient (Wildman–Crippen LogP) is 2.32. The van der Waals surface area contributed by atoms with Crippen molar-refractivity contribution in [3.8, 4) is 0 Å². The number of aliphatic hydroxyl groups is 1. The lowest BCUT2D eigenvalue weighted by Crippen LogP contribution is -1.95. The molecule has 1 heterocycles. The molecule has 0 aliphatic heterocycles. The number of nitrogens with zero attached hydrogens (tertiary/aromatic N) is 1. The van der Waals surface area contributed by atoms with Crippen molar-refractivity contribution in [1.82, 2.24) is 4.57 Å². The first-order valence-corrected chi connectivity index (χ1v) is 5.66.